The summed E-state index contributed by atoms with van der Waals surface area (Å²) >= 11 is 0. The van der Waals surface area contributed by atoms with Crippen molar-refractivity contribution >= 4 is 11.9 Å². The second-order valence-corrected chi connectivity index (χ2v) is 6.12. The Morgan fingerprint density at radius 2 is 1.92 bits per heavy atom. The number of aryl methyl sites for hydroxylation is 2. The maximum atomic E-state index is 12.6. The number of carbonyl (C=O) groups is 2. The van der Waals surface area contributed by atoms with Crippen LogP contribution in [0.2, 0.25) is 0 Å². The van der Waals surface area contributed by atoms with Crippen molar-refractivity contribution in [1.29, 1.82) is 0 Å². The number of rotatable bonds is 4. The number of carbonyl (C=O) groups excluding carboxylic acids is 1. The van der Waals surface area contributed by atoms with Crippen LogP contribution in [0, 0.1) is 0 Å². The lowest BCUT2D eigenvalue weighted by atomic mass is 9.91. The van der Waals surface area contributed by atoms with Gasteiger partial charge in [0.1, 0.15) is 5.56 Å². The highest BCUT2D eigenvalue weighted by atomic mass is 16.4. The summed E-state index contributed by atoms with van der Waals surface area (Å²) in [7, 11) is 0. The summed E-state index contributed by atoms with van der Waals surface area (Å²) in [4.78, 5) is 39.2. The molecule has 24 heavy (non-hydrogen) atoms. The van der Waals surface area contributed by atoms with Crippen molar-refractivity contribution in [2.75, 3.05) is 0 Å². The van der Waals surface area contributed by atoms with Crippen LogP contribution in [-0.2, 0) is 23.2 Å². The van der Waals surface area contributed by atoms with E-state index in [0.717, 1.165) is 30.5 Å². The van der Waals surface area contributed by atoms with E-state index in [1.807, 2.05) is 0 Å². The van der Waals surface area contributed by atoms with E-state index in [0.29, 0.717) is 5.56 Å². The van der Waals surface area contributed by atoms with Crippen LogP contribution < -0.4 is 10.9 Å². The summed E-state index contributed by atoms with van der Waals surface area (Å²) in [6, 6.07) is 9.99. The van der Waals surface area contributed by atoms with Crippen molar-refractivity contribution in [3.8, 4) is 0 Å². The number of hydrogen-bond acceptors (Lipinski definition) is 3. The Kier molecular flexibility index (Phi) is 3.97. The molecule has 0 saturated heterocycles. The molecule has 3 rings (SSSR count). The third-order valence-corrected chi connectivity index (χ3v) is 4.48. The van der Waals surface area contributed by atoms with Gasteiger partial charge in [0.15, 0.2) is 5.54 Å². The number of aromatic amines is 1. The second-order valence-electron chi connectivity index (χ2n) is 6.12. The molecule has 0 spiro atoms. The molecule has 0 saturated carbocycles. The van der Waals surface area contributed by atoms with Gasteiger partial charge in [-0.1, -0.05) is 30.3 Å². The Morgan fingerprint density at radius 3 is 2.58 bits per heavy atom. The van der Waals surface area contributed by atoms with Crippen molar-refractivity contribution in [3.63, 3.8) is 0 Å². The minimum atomic E-state index is -1.62. The minimum Gasteiger partial charge on any atom is -0.479 e. The number of fused-ring (bicyclic) bond motifs is 1. The van der Waals surface area contributed by atoms with Gasteiger partial charge in [0.2, 0.25) is 0 Å². The minimum absolute atomic E-state index is 0.0564. The zero-order chi connectivity index (χ0) is 17.3. The van der Waals surface area contributed by atoms with Gasteiger partial charge in [0.25, 0.3) is 11.5 Å². The van der Waals surface area contributed by atoms with E-state index in [4.69, 9.17) is 0 Å². The Labute approximate surface area is 138 Å². The lowest BCUT2D eigenvalue weighted by Crippen LogP contribution is -2.50. The number of H-pyrrole nitrogens is 1. The van der Waals surface area contributed by atoms with Gasteiger partial charge in [-0.3, -0.25) is 9.59 Å². The number of pyridine rings is 1. The van der Waals surface area contributed by atoms with Gasteiger partial charge in [0.05, 0.1) is 0 Å². The van der Waals surface area contributed by atoms with Crippen LogP contribution in [0.25, 0.3) is 0 Å². The molecular weight excluding hydrogens is 308 g/mol. The molecule has 1 heterocycles. The van der Waals surface area contributed by atoms with Crippen molar-refractivity contribution in [2.24, 2.45) is 0 Å². The van der Waals surface area contributed by atoms with Crippen LogP contribution in [-0.4, -0.2) is 22.0 Å². The maximum Gasteiger partial charge on any atom is 0.333 e. The fraction of sp³-hybridized carbons (Fsp3) is 0.278. The molecular formula is C18H18N2O4. The summed E-state index contributed by atoms with van der Waals surface area (Å²) in [5.41, 5.74) is 0.0672. The smallest absolute Gasteiger partial charge is 0.333 e. The second kappa shape index (κ2) is 5.96. The zero-order valence-corrected chi connectivity index (χ0v) is 13.3. The van der Waals surface area contributed by atoms with Gasteiger partial charge in [-0.25, -0.2) is 4.79 Å². The molecule has 6 heteroatoms. The van der Waals surface area contributed by atoms with E-state index in [9.17, 15) is 19.5 Å². The van der Waals surface area contributed by atoms with Crippen LogP contribution in [0.1, 0.15) is 40.5 Å². The van der Waals surface area contributed by atoms with Crippen molar-refractivity contribution < 1.29 is 14.7 Å². The Balaban J connectivity index is 1.96. The Hall–Kier alpha value is -2.89. The molecule has 1 unspecified atom stereocenters. The monoisotopic (exact) mass is 326 g/mol. The molecule has 6 nitrogen and oxygen atoms in total. The van der Waals surface area contributed by atoms with Gasteiger partial charge >= 0.3 is 5.97 Å². The fourth-order valence-electron chi connectivity index (χ4n) is 3.00. The zero-order valence-electron chi connectivity index (χ0n) is 13.3. The predicted octanol–water partition coefficient (Wildman–Crippen LogP) is 1.59. The number of nitrogens with one attached hydrogen (secondary N) is 2. The topological polar surface area (TPSA) is 99.3 Å². The summed E-state index contributed by atoms with van der Waals surface area (Å²) in [6.07, 6.45) is 2.54. The van der Waals surface area contributed by atoms with E-state index >= 15 is 0 Å². The average molecular weight is 326 g/mol. The molecule has 1 aromatic carbocycles. The molecule has 1 aliphatic rings. The van der Waals surface area contributed by atoms with Gasteiger partial charge in [-0.15, -0.1) is 0 Å². The third-order valence-electron chi connectivity index (χ3n) is 4.48. The van der Waals surface area contributed by atoms with Gasteiger partial charge in [-0.2, -0.15) is 0 Å². The molecule has 1 atom stereocenters. The van der Waals surface area contributed by atoms with Crippen LogP contribution in [0.5, 0.6) is 0 Å². The number of carboxylic acids is 1. The lowest BCUT2D eigenvalue weighted by molar-refractivity contribution is -0.144. The molecule has 3 N–H and O–H groups in total. The largest absolute Gasteiger partial charge is 0.479 e. The average Bonchev–Trinajstić information content (AvgIpc) is 3.01. The standard InChI is InChI=1S/C18H18N2O4/c1-18(17(23)24,12-7-3-2-4-8-12)20-16(22)13-10-11-6-5-9-14(11)19-15(13)21/h2-4,7-8,10H,5-6,9H2,1H3,(H,19,21)(H,20,22)(H,23,24). The third kappa shape index (κ3) is 2.71. The summed E-state index contributed by atoms with van der Waals surface area (Å²) < 4.78 is 0. The van der Waals surface area contributed by atoms with Crippen LogP contribution in [0.3, 0.4) is 0 Å². The summed E-state index contributed by atoms with van der Waals surface area (Å²) in [5, 5.41) is 12.1. The molecule has 1 aliphatic carbocycles. The number of aliphatic carboxylic acids is 1. The molecule has 0 bridgehead atoms. The van der Waals surface area contributed by atoms with E-state index in [-0.39, 0.29) is 5.56 Å². The summed E-state index contributed by atoms with van der Waals surface area (Å²) in [5.74, 6) is -1.89. The number of carboxylic acid groups (broad SMARTS) is 1. The van der Waals surface area contributed by atoms with Gasteiger partial charge in [-0.05, 0) is 43.4 Å². The Morgan fingerprint density at radius 1 is 1.21 bits per heavy atom. The molecule has 1 aromatic heterocycles. The van der Waals surface area contributed by atoms with Gasteiger partial charge < -0.3 is 15.4 Å². The van der Waals surface area contributed by atoms with Crippen LogP contribution in [0.4, 0.5) is 0 Å². The highest BCUT2D eigenvalue weighted by molar-refractivity contribution is 5.98. The number of amides is 1. The molecule has 1 amide bonds. The fourth-order valence-corrected chi connectivity index (χ4v) is 3.00. The molecule has 124 valence electrons. The van der Waals surface area contributed by atoms with E-state index < -0.39 is 23.0 Å². The van der Waals surface area contributed by atoms with Crippen molar-refractivity contribution in [2.45, 2.75) is 31.7 Å². The summed E-state index contributed by atoms with van der Waals surface area (Å²) in [6.45, 7) is 1.41. The number of aromatic nitrogens is 1. The predicted molar refractivity (Wildman–Crippen MR) is 88.0 cm³/mol. The highest BCUT2D eigenvalue weighted by Gasteiger charge is 2.37. The van der Waals surface area contributed by atoms with Crippen LogP contribution >= 0.6 is 0 Å². The number of benzene rings is 1. The van der Waals surface area contributed by atoms with Gasteiger partial charge in [0, 0.05) is 5.69 Å². The normalized spacial score (nSPS) is 15.4. The quantitative estimate of drug-likeness (QED) is 0.794. The maximum absolute atomic E-state index is 12.6. The first kappa shape index (κ1) is 16.0. The van der Waals surface area contributed by atoms with E-state index in [1.165, 1.54) is 6.92 Å². The van der Waals surface area contributed by atoms with Crippen LogP contribution in [0.15, 0.2) is 41.2 Å². The first-order valence-electron chi connectivity index (χ1n) is 7.78. The number of hydrogen-bond donors (Lipinski definition) is 3. The van der Waals surface area contributed by atoms with E-state index in [1.54, 1.807) is 36.4 Å². The highest BCUT2D eigenvalue weighted by Crippen LogP contribution is 2.22. The molecule has 0 aliphatic heterocycles. The lowest BCUT2D eigenvalue weighted by Gasteiger charge is -2.26. The first-order chi connectivity index (χ1) is 11.4. The van der Waals surface area contributed by atoms with Crippen molar-refractivity contribution in [1.82, 2.24) is 10.3 Å². The SMILES string of the molecule is CC(NC(=O)c1cc2c([nH]c1=O)CCC2)(C(=O)O)c1ccccc1. The van der Waals surface area contributed by atoms with E-state index in [2.05, 4.69) is 10.3 Å². The molecule has 0 radical (unpaired) electrons. The molecule has 0 fully saturated rings. The first-order valence-corrected chi connectivity index (χ1v) is 7.78. The van der Waals surface area contributed by atoms with Crippen molar-refractivity contribution in [3.05, 3.63) is 69.1 Å². The Bertz CT molecular complexity index is 857. The molecule has 2 aromatic rings.